The van der Waals surface area contributed by atoms with Crippen molar-refractivity contribution in [3.63, 3.8) is 0 Å². The lowest BCUT2D eigenvalue weighted by Gasteiger charge is -2.05. The van der Waals surface area contributed by atoms with Crippen molar-refractivity contribution in [2.24, 2.45) is 0 Å². The number of hydrogen-bond donors (Lipinski definition) is 1. The van der Waals surface area contributed by atoms with Crippen LogP contribution in [-0.2, 0) is 9.84 Å². The first-order chi connectivity index (χ1) is 9.57. The van der Waals surface area contributed by atoms with Crippen molar-refractivity contribution in [1.29, 1.82) is 0 Å². The van der Waals surface area contributed by atoms with Crippen molar-refractivity contribution in [2.75, 3.05) is 5.73 Å². The molecule has 2 aromatic heterocycles. The first-order valence-corrected chi connectivity index (χ1v) is 7.37. The third-order valence-corrected chi connectivity index (χ3v) is 4.53. The number of hydrogen-bond acceptors (Lipinski definition) is 5. The summed E-state index contributed by atoms with van der Waals surface area (Å²) in [5.41, 5.74) is 6.70. The van der Waals surface area contributed by atoms with Gasteiger partial charge >= 0.3 is 0 Å². The molecule has 0 unspecified atom stereocenters. The van der Waals surface area contributed by atoms with Crippen LogP contribution in [-0.4, -0.2) is 18.4 Å². The highest BCUT2D eigenvalue weighted by molar-refractivity contribution is 7.91. The van der Waals surface area contributed by atoms with Crippen molar-refractivity contribution in [3.8, 4) is 0 Å². The smallest absolute Gasteiger partial charge is 0.225 e. The van der Waals surface area contributed by atoms with Gasteiger partial charge in [-0.1, -0.05) is 18.2 Å². The number of benzene rings is 1. The topological polar surface area (TPSA) is 85.9 Å². The number of rotatable bonds is 2. The van der Waals surface area contributed by atoms with Gasteiger partial charge < -0.3 is 5.73 Å². The molecule has 5 nitrogen and oxygen atoms in total. The van der Waals surface area contributed by atoms with E-state index in [4.69, 9.17) is 5.73 Å². The predicted molar refractivity (Wildman–Crippen MR) is 75.8 cm³/mol. The summed E-state index contributed by atoms with van der Waals surface area (Å²) in [6.45, 7) is 0. The fourth-order valence-corrected chi connectivity index (χ4v) is 3.10. The molecule has 0 aliphatic rings. The molecule has 0 saturated carbocycles. The first-order valence-electron chi connectivity index (χ1n) is 5.89. The maximum atomic E-state index is 12.5. The fraction of sp³-hybridized carbons (Fsp3) is 0. The van der Waals surface area contributed by atoms with Crippen molar-refractivity contribution in [2.45, 2.75) is 9.92 Å². The van der Waals surface area contributed by atoms with Crippen molar-refractivity contribution < 1.29 is 8.42 Å². The molecule has 0 saturated heterocycles. The Kier molecular flexibility index (Phi) is 2.87. The SMILES string of the molecule is Nc1ccnc(S(=O)(=O)c2cnc3ccccc3c2)c1. The summed E-state index contributed by atoms with van der Waals surface area (Å²) < 4.78 is 24.9. The van der Waals surface area contributed by atoms with E-state index in [1.165, 1.54) is 24.5 Å². The van der Waals surface area contributed by atoms with E-state index in [1.807, 2.05) is 24.3 Å². The largest absolute Gasteiger partial charge is 0.399 e. The van der Waals surface area contributed by atoms with Gasteiger partial charge in [0.1, 0.15) is 0 Å². The standard InChI is InChI=1S/C14H11N3O2S/c15-11-5-6-16-14(8-11)20(18,19)12-7-10-3-1-2-4-13(10)17-9-12/h1-9H,(H2,15,16). The molecule has 0 fully saturated rings. The second-order valence-electron chi connectivity index (χ2n) is 4.29. The number of nitrogen functional groups attached to an aromatic ring is 1. The molecule has 6 heteroatoms. The lowest BCUT2D eigenvalue weighted by molar-refractivity contribution is 0.592. The quantitative estimate of drug-likeness (QED) is 0.778. The van der Waals surface area contributed by atoms with E-state index in [0.717, 1.165) is 10.9 Å². The van der Waals surface area contributed by atoms with Crippen molar-refractivity contribution in [1.82, 2.24) is 9.97 Å². The fourth-order valence-electron chi connectivity index (χ4n) is 1.89. The van der Waals surface area contributed by atoms with E-state index in [1.54, 1.807) is 6.07 Å². The average Bonchev–Trinajstić information content (AvgIpc) is 2.46. The molecule has 0 radical (unpaired) electrons. The molecular weight excluding hydrogens is 274 g/mol. The average molecular weight is 285 g/mol. The van der Waals surface area contributed by atoms with Crippen molar-refractivity contribution >= 4 is 26.4 Å². The lowest BCUT2D eigenvalue weighted by Crippen LogP contribution is -2.05. The van der Waals surface area contributed by atoms with Crippen LogP contribution in [0.2, 0.25) is 0 Å². The van der Waals surface area contributed by atoms with E-state index in [-0.39, 0.29) is 9.92 Å². The Hall–Kier alpha value is -2.47. The van der Waals surface area contributed by atoms with Gasteiger partial charge in [0.25, 0.3) is 0 Å². The van der Waals surface area contributed by atoms with Crippen LogP contribution >= 0.6 is 0 Å². The molecular formula is C14H11N3O2S. The number of para-hydroxylation sites is 1. The number of aromatic nitrogens is 2. The molecule has 0 aliphatic carbocycles. The van der Waals surface area contributed by atoms with E-state index >= 15 is 0 Å². The van der Waals surface area contributed by atoms with Gasteiger partial charge in [0, 0.05) is 23.5 Å². The van der Waals surface area contributed by atoms with Gasteiger partial charge in [-0.3, -0.25) is 4.98 Å². The number of pyridine rings is 2. The Labute approximate surface area is 116 Å². The van der Waals surface area contributed by atoms with Crippen LogP contribution < -0.4 is 5.73 Å². The minimum atomic E-state index is -3.71. The molecule has 2 heterocycles. The lowest BCUT2D eigenvalue weighted by atomic mass is 10.2. The minimum absolute atomic E-state index is 0.0745. The summed E-state index contributed by atoms with van der Waals surface area (Å²) in [5.74, 6) is 0. The molecule has 3 aromatic rings. The van der Waals surface area contributed by atoms with E-state index in [9.17, 15) is 8.42 Å². The zero-order valence-corrected chi connectivity index (χ0v) is 11.2. The van der Waals surface area contributed by atoms with Crippen LogP contribution in [0.4, 0.5) is 5.69 Å². The Morgan fingerprint density at radius 3 is 2.60 bits per heavy atom. The summed E-state index contributed by atoms with van der Waals surface area (Å²) in [6.07, 6.45) is 2.71. The highest BCUT2D eigenvalue weighted by Crippen LogP contribution is 2.22. The molecule has 0 atom stereocenters. The van der Waals surface area contributed by atoms with Crippen molar-refractivity contribution in [3.05, 3.63) is 54.9 Å². The van der Waals surface area contributed by atoms with E-state index in [0.29, 0.717) is 5.69 Å². The number of anilines is 1. The maximum Gasteiger partial charge on any atom is 0.225 e. The Bertz CT molecular complexity index is 892. The van der Waals surface area contributed by atoms with Gasteiger partial charge in [-0.25, -0.2) is 13.4 Å². The molecule has 0 spiro atoms. The van der Waals surface area contributed by atoms with Gasteiger partial charge in [-0.2, -0.15) is 0 Å². The Morgan fingerprint density at radius 1 is 1.00 bits per heavy atom. The molecule has 20 heavy (non-hydrogen) atoms. The Morgan fingerprint density at radius 2 is 1.80 bits per heavy atom. The highest BCUT2D eigenvalue weighted by Gasteiger charge is 2.20. The molecule has 3 rings (SSSR count). The second-order valence-corrected chi connectivity index (χ2v) is 6.19. The maximum absolute atomic E-state index is 12.5. The summed E-state index contributed by atoms with van der Waals surface area (Å²) in [4.78, 5) is 8.13. The molecule has 0 amide bonds. The zero-order valence-electron chi connectivity index (χ0n) is 10.4. The molecule has 100 valence electrons. The highest BCUT2D eigenvalue weighted by atomic mass is 32.2. The molecule has 0 bridgehead atoms. The number of nitrogens with two attached hydrogens (primary N) is 1. The van der Waals surface area contributed by atoms with Gasteiger partial charge in [-0.05, 0) is 24.3 Å². The van der Waals surface area contributed by atoms with Gasteiger partial charge in [-0.15, -0.1) is 0 Å². The van der Waals surface area contributed by atoms with Crippen LogP contribution in [0, 0.1) is 0 Å². The number of sulfone groups is 1. The first kappa shape index (κ1) is 12.6. The monoisotopic (exact) mass is 285 g/mol. The third-order valence-electron chi connectivity index (χ3n) is 2.91. The van der Waals surface area contributed by atoms with E-state index < -0.39 is 9.84 Å². The van der Waals surface area contributed by atoms with Gasteiger partial charge in [0.15, 0.2) is 5.03 Å². The van der Waals surface area contributed by atoms with Crippen LogP contribution in [0.1, 0.15) is 0 Å². The Balaban J connectivity index is 2.18. The van der Waals surface area contributed by atoms with E-state index in [2.05, 4.69) is 9.97 Å². The summed E-state index contributed by atoms with van der Waals surface area (Å²) >= 11 is 0. The predicted octanol–water partition coefficient (Wildman–Crippen LogP) is 2.04. The summed E-state index contributed by atoms with van der Waals surface area (Å²) in [6, 6.07) is 11.8. The van der Waals surface area contributed by atoms with Crippen LogP contribution in [0.25, 0.3) is 10.9 Å². The molecule has 0 aliphatic heterocycles. The zero-order chi connectivity index (χ0) is 14.2. The normalized spacial score (nSPS) is 11.6. The summed E-state index contributed by atoms with van der Waals surface area (Å²) in [5, 5.41) is 0.687. The second kappa shape index (κ2) is 4.57. The third kappa shape index (κ3) is 2.10. The van der Waals surface area contributed by atoms with Crippen LogP contribution in [0.3, 0.4) is 0 Å². The van der Waals surface area contributed by atoms with Crippen LogP contribution in [0.15, 0.2) is 64.8 Å². The molecule has 1 aromatic carbocycles. The minimum Gasteiger partial charge on any atom is -0.399 e. The molecule has 2 N–H and O–H groups in total. The van der Waals surface area contributed by atoms with Gasteiger partial charge in [0.05, 0.1) is 10.4 Å². The van der Waals surface area contributed by atoms with Crippen LogP contribution in [0.5, 0.6) is 0 Å². The number of fused-ring (bicyclic) bond motifs is 1. The van der Waals surface area contributed by atoms with Gasteiger partial charge in [0.2, 0.25) is 9.84 Å². The number of nitrogens with zero attached hydrogens (tertiary/aromatic N) is 2. The summed E-state index contributed by atoms with van der Waals surface area (Å²) in [7, 11) is -3.71.